The molecule has 2 aromatic carbocycles. The third-order valence-electron chi connectivity index (χ3n) is 2.40. The van der Waals surface area contributed by atoms with Gasteiger partial charge in [0.15, 0.2) is 0 Å². The summed E-state index contributed by atoms with van der Waals surface area (Å²) in [5.41, 5.74) is 0.833. The zero-order valence-electron chi connectivity index (χ0n) is 9.45. The maximum atomic E-state index is 12.2. The molecule has 0 aliphatic rings. The lowest BCUT2D eigenvalue weighted by Gasteiger charge is -2.11. The molecule has 0 aromatic heterocycles. The monoisotopic (exact) mass is 447 g/mol. The van der Waals surface area contributed by atoms with E-state index >= 15 is 0 Å². The first-order chi connectivity index (χ1) is 9.00. The van der Waals surface area contributed by atoms with E-state index in [2.05, 4.69) is 53.1 Å². The second kappa shape index (κ2) is 6.07. The number of aromatic hydroxyl groups is 1. The Bertz CT molecular complexity index is 603. The predicted octanol–water partition coefficient (Wildman–Crippen LogP) is 4.93. The number of hydrogen-bond donors (Lipinski definition) is 2. The average Bonchev–Trinajstić information content (AvgIpc) is 2.38. The molecule has 0 fully saturated rings. The van der Waals surface area contributed by atoms with Gasteiger partial charge in [-0.1, -0.05) is 18.2 Å². The summed E-state index contributed by atoms with van der Waals surface area (Å²) < 4.78 is 1.62. The number of para-hydroxylation sites is 1. The molecule has 98 valence electrons. The van der Waals surface area contributed by atoms with Crippen LogP contribution in [0, 0.1) is 0 Å². The van der Waals surface area contributed by atoms with Crippen LogP contribution in [0.3, 0.4) is 0 Å². The predicted molar refractivity (Wildman–Crippen MR) is 85.6 cm³/mol. The van der Waals surface area contributed by atoms with Gasteiger partial charge in [-0.15, -0.1) is 0 Å². The number of halogens is 3. The average molecular weight is 450 g/mol. The van der Waals surface area contributed by atoms with E-state index in [1.807, 2.05) is 18.2 Å². The van der Waals surface area contributed by atoms with E-state index in [4.69, 9.17) is 0 Å². The molecular weight excluding hydrogens is 442 g/mol. The first-order valence-corrected chi connectivity index (χ1v) is 7.61. The lowest BCUT2D eigenvalue weighted by Crippen LogP contribution is -2.13. The summed E-state index contributed by atoms with van der Waals surface area (Å²) in [7, 11) is 0. The van der Waals surface area contributed by atoms with Crippen molar-refractivity contribution in [1.82, 2.24) is 0 Å². The van der Waals surface area contributed by atoms with Gasteiger partial charge in [0.05, 0.1) is 10.0 Å². The Morgan fingerprint density at radius 1 is 1.05 bits per heavy atom. The Morgan fingerprint density at radius 2 is 1.68 bits per heavy atom. The quantitative estimate of drug-likeness (QED) is 0.638. The minimum absolute atomic E-state index is 0.108. The molecule has 19 heavy (non-hydrogen) atoms. The molecule has 1 amide bonds. The molecule has 0 aliphatic heterocycles. The van der Waals surface area contributed by atoms with Gasteiger partial charge < -0.3 is 10.4 Å². The minimum atomic E-state index is -0.391. The third-order valence-corrected chi connectivity index (χ3v) is 4.99. The number of carbonyl (C=O) groups is 1. The van der Waals surface area contributed by atoms with Gasteiger partial charge in [-0.05, 0) is 66.0 Å². The first-order valence-electron chi connectivity index (χ1n) is 5.23. The number of benzene rings is 2. The van der Waals surface area contributed by atoms with Crippen LogP contribution < -0.4 is 5.32 Å². The molecule has 0 saturated heterocycles. The molecular formula is C13H8Br3NO2. The number of phenols is 1. The number of anilines is 1. The molecule has 0 radical (unpaired) electrons. The van der Waals surface area contributed by atoms with Crippen molar-refractivity contribution < 1.29 is 9.90 Å². The molecule has 6 heteroatoms. The van der Waals surface area contributed by atoms with Gasteiger partial charge in [0, 0.05) is 14.6 Å². The molecule has 3 nitrogen and oxygen atoms in total. The van der Waals surface area contributed by atoms with Crippen molar-refractivity contribution in [2.45, 2.75) is 0 Å². The van der Waals surface area contributed by atoms with E-state index in [0.29, 0.717) is 19.1 Å². The smallest absolute Gasteiger partial charge is 0.260 e. The van der Waals surface area contributed by atoms with Crippen molar-refractivity contribution >= 4 is 59.4 Å². The van der Waals surface area contributed by atoms with Crippen molar-refractivity contribution in [2.24, 2.45) is 0 Å². The SMILES string of the molecule is O=C(Nc1ccccc1)c1c(O)c(Br)cc(Br)c1Br. The summed E-state index contributed by atoms with van der Waals surface area (Å²) in [6, 6.07) is 10.7. The van der Waals surface area contributed by atoms with Gasteiger partial charge in [0.2, 0.25) is 0 Å². The maximum Gasteiger partial charge on any atom is 0.260 e. The minimum Gasteiger partial charge on any atom is -0.506 e. The summed E-state index contributed by atoms with van der Waals surface area (Å²) in [4.78, 5) is 12.2. The molecule has 0 aliphatic carbocycles. The van der Waals surface area contributed by atoms with Crippen LogP contribution in [0.2, 0.25) is 0 Å². The molecule has 0 unspecified atom stereocenters. The van der Waals surface area contributed by atoms with Gasteiger partial charge in [0.1, 0.15) is 5.75 Å². The molecule has 0 heterocycles. The van der Waals surface area contributed by atoms with Crippen molar-refractivity contribution in [3.8, 4) is 5.75 Å². The highest BCUT2D eigenvalue weighted by atomic mass is 79.9. The molecule has 2 aromatic rings. The molecule has 2 rings (SSSR count). The van der Waals surface area contributed by atoms with Crippen molar-refractivity contribution in [1.29, 1.82) is 0 Å². The Morgan fingerprint density at radius 3 is 2.32 bits per heavy atom. The summed E-state index contributed by atoms with van der Waals surface area (Å²) in [6.07, 6.45) is 0. The topological polar surface area (TPSA) is 49.3 Å². The summed E-state index contributed by atoms with van der Waals surface area (Å²) in [5, 5.41) is 12.7. The Kier molecular flexibility index (Phi) is 4.65. The van der Waals surface area contributed by atoms with Gasteiger partial charge >= 0.3 is 0 Å². The largest absolute Gasteiger partial charge is 0.506 e. The van der Waals surface area contributed by atoms with Gasteiger partial charge in [-0.25, -0.2) is 0 Å². The fraction of sp³-hybridized carbons (Fsp3) is 0. The second-order valence-electron chi connectivity index (χ2n) is 3.70. The van der Waals surface area contributed by atoms with Crippen LogP contribution in [-0.2, 0) is 0 Å². The normalized spacial score (nSPS) is 10.3. The fourth-order valence-corrected chi connectivity index (χ4v) is 3.15. The zero-order valence-corrected chi connectivity index (χ0v) is 14.2. The lowest BCUT2D eigenvalue weighted by atomic mass is 10.2. The van der Waals surface area contributed by atoms with E-state index in [-0.39, 0.29) is 11.3 Å². The molecule has 0 bridgehead atoms. The standard InChI is InChI=1S/C13H8Br3NO2/c14-8-6-9(15)12(18)10(11(8)16)13(19)17-7-4-2-1-3-5-7/h1-6,18H,(H,17,19). The van der Waals surface area contributed by atoms with Crippen LogP contribution >= 0.6 is 47.8 Å². The number of amides is 1. The van der Waals surface area contributed by atoms with Crippen molar-refractivity contribution in [3.05, 3.63) is 55.4 Å². The molecule has 0 atom stereocenters. The van der Waals surface area contributed by atoms with E-state index in [9.17, 15) is 9.90 Å². The van der Waals surface area contributed by atoms with Crippen molar-refractivity contribution in [2.75, 3.05) is 5.32 Å². The van der Waals surface area contributed by atoms with Gasteiger partial charge in [0.25, 0.3) is 5.91 Å². The number of nitrogens with one attached hydrogen (secondary N) is 1. The highest BCUT2D eigenvalue weighted by Gasteiger charge is 2.20. The second-order valence-corrected chi connectivity index (χ2v) is 6.20. The lowest BCUT2D eigenvalue weighted by molar-refractivity contribution is 0.102. The van der Waals surface area contributed by atoms with Crippen molar-refractivity contribution in [3.63, 3.8) is 0 Å². The number of hydrogen-bond acceptors (Lipinski definition) is 2. The Balaban J connectivity index is 2.40. The maximum absolute atomic E-state index is 12.2. The zero-order chi connectivity index (χ0) is 14.0. The van der Waals surface area contributed by atoms with Crippen LogP contribution in [0.5, 0.6) is 5.75 Å². The summed E-state index contributed by atoms with van der Waals surface area (Å²) >= 11 is 9.81. The molecule has 0 saturated carbocycles. The highest BCUT2D eigenvalue weighted by molar-refractivity contribution is 9.13. The van der Waals surface area contributed by atoms with Gasteiger partial charge in [-0.2, -0.15) is 0 Å². The number of rotatable bonds is 2. The molecule has 2 N–H and O–H groups in total. The van der Waals surface area contributed by atoms with E-state index in [1.54, 1.807) is 18.2 Å². The first kappa shape index (κ1) is 14.6. The van der Waals surface area contributed by atoms with Crippen LogP contribution in [0.15, 0.2) is 49.8 Å². The van der Waals surface area contributed by atoms with E-state index in [1.165, 1.54) is 0 Å². The Labute approximate surface area is 135 Å². The van der Waals surface area contributed by atoms with Crippen LogP contribution in [-0.4, -0.2) is 11.0 Å². The third kappa shape index (κ3) is 3.19. The number of carbonyl (C=O) groups excluding carboxylic acids is 1. The summed E-state index contributed by atoms with van der Waals surface area (Å²) in [5.74, 6) is -0.499. The fourth-order valence-electron chi connectivity index (χ4n) is 1.51. The van der Waals surface area contributed by atoms with Crippen LogP contribution in [0.4, 0.5) is 5.69 Å². The highest BCUT2D eigenvalue weighted by Crippen LogP contribution is 2.39. The number of phenolic OH excluding ortho intramolecular Hbond substituents is 1. The van der Waals surface area contributed by atoms with E-state index < -0.39 is 5.91 Å². The molecule has 0 spiro atoms. The Hall–Kier alpha value is -0.850. The van der Waals surface area contributed by atoms with Crippen LogP contribution in [0.1, 0.15) is 10.4 Å². The van der Waals surface area contributed by atoms with Gasteiger partial charge in [-0.3, -0.25) is 4.79 Å². The van der Waals surface area contributed by atoms with Crippen LogP contribution in [0.25, 0.3) is 0 Å². The van der Waals surface area contributed by atoms with E-state index in [0.717, 1.165) is 0 Å². The summed E-state index contributed by atoms with van der Waals surface area (Å²) in [6.45, 7) is 0.